The third-order valence-corrected chi connectivity index (χ3v) is 4.66. The van der Waals surface area contributed by atoms with Gasteiger partial charge in [-0.05, 0) is 43.0 Å². The quantitative estimate of drug-likeness (QED) is 0.917. The Balaban J connectivity index is 1.78. The van der Waals surface area contributed by atoms with Gasteiger partial charge in [-0.25, -0.2) is 4.98 Å². The number of aromatic nitrogens is 1. The van der Waals surface area contributed by atoms with Crippen molar-refractivity contribution in [1.29, 1.82) is 0 Å². The molecule has 0 radical (unpaired) electrons. The second-order valence-electron chi connectivity index (χ2n) is 4.23. The van der Waals surface area contributed by atoms with Crippen LogP contribution in [0.3, 0.4) is 0 Å². The molecule has 1 aliphatic rings. The van der Waals surface area contributed by atoms with Gasteiger partial charge in [0, 0.05) is 15.5 Å². The van der Waals surface area contributed by atoms with Crippen molar-refractivity contribution >= 4 is 39.0 Å². The largest absolute Gasteiger partial charge is 0.306 e. The highest BCUT2D eigenvalue weighted by Gasteiger charge is 2.18. The number of hydrogen-bond donors (Lipinski definition) is 1. The van der Waals surface area contributed by atoms with Crippen molar-refractivity contribution in [2.75, 3.05) is 5.32 Å². The van der Waals surface area contributed by atoms with Crippen molar-refractivity contribution < 1.29 is 4.79 Å². The molecule has 1 amide bonds. The second-order valence-corrected chi connectivity index (χ2v) is 6.28. The van der Waals surface area contributed by atoms with E-state index in [1.807, 2.05) is 12.1 Å². The molecule has 5 heteroatoms. The maximum absolute atomic E-state index is 12.1. The van der Waals surface area contributed by atoms with E-state index in [-0.39, 0.29) is 5.91 Å². The van der Waals surface area contributed by atoms with E-state index in [1.54, 1.807) is 23.6 Å². The average molecular weight is 323 g/mol. The molecule has 0 bridgehead atoms. The van der Waals surface area contributed by atoms with Crippen LogP contribution >= 0.6 is 27.3 Å². The number of carbonyl (C=O) groups is 1. The lowest BCUT2D eigenvalue weighted by atomic mass is 10.2. The number of halogens is 1. The summed E-state index contributed by atoms with van der Waals surface area (Å²) < 4.78 is 0.904. The van der Waals surface area contributed by atoms with Crippen LogP contribution in [0.5, 0.6) is 0 Å². The van der Waals surface area contributed by atoms with E-state index in [9.17, 15) is 4.79 Å². The second kappa shape index (κ2) is 4.82. The Labute approximate surface area is 117 Å². The maximum atomic E-state index is 12.1. The average Bonchev–Trinajstić information content (AvgIpc) is 2.88. The molecule has 92 valence electrons. The third-order valence-electron chi connectivity index (χ3n) is 2.93. The van der Waals surface area contributed by atoms with E-state index < -0.39 is 0 Å². The van der Waals surface area contributed by atoms with Gasteiger partial charge in [0.15, 0.2) is 0 Å². The van der Waals surface area contributed by atoms with Gasteiger partial charge in [0.05, 0.1) is 4.88 Å². The number of nitrogens with one attached hydrogen (secondary N) is 1. The first-order valence-electron chi connectivity index (χ1n) is 5.77. The number of rotatable bonds is 2. The van der Waals surface area contributed by atoms with Crippen LogP contribution in [0.15, 0.2) is 28.9 Å². The van der Waals surface area contributed by atoms with Crippen molar-refractivity contribution in [3.05, 3.63) is 44.2 Å². The summed E-state index contributed by atoms with van der Waals surface area (Å²) in [5, 5.41) is 2.82. The molecule has 3 nitrogen and oxygen atoms in total. The van der Waals surface area contributed by atoms with Crippen LogP contribution in [0.2, 0.25) is 0 Å². The summed E-state index contributed by atoms with van der Waals surface area (Å²) in [5.41, 5.74) is 1.34. The van der Waals surface area contributed by atoms with Crippen molar-refractivity contribution in [3.8, 4) is 0 Å². The summed E-state index contributed by atoms with van der Waals surface area (Å²) in [6.45, 7) is 0. The topological polar surface area (TPSA) is 42.0 Å². The number of fused-ring (bicyclic) bond motifs is 1. The van der Waals surface area contributed by atoms with Gasteiger partial charge in [0.1, 0.15) is 5.82 Å². The van der Waals surface area contributed by atoms with Gasteiger partial charge in [-0.3, -0.25) is 4.79 Å². The molecule has 0 aromatic carbocycles. The lowest BCUT2D eigenvalue weighted by Gasteiger charge is -2.02. The molecule has 3 rings (SSSR count). The summed E-state index contributed by atoms with van der Waals surface area (Å²) in [6, 6.07) is 5.63. The number of nitrogens with zero attached hydrogens (tertiary/aromatic N) is 1. The van der Waals surface area contributed by atoms with Gasteiger partial charge in [-0.15, -0.1) is 11.3 Å². The van der Waals surface area contributed by atoms with Gasteiger partial charge < -0.3 is 5.32 Å². The zero-order chi connectivity index (χ0) is 12.5. The van der Waals surface area contributed by atoms with Crippen molar-refractivity contribution in [2.45, 2.75) is 19.3 Å². The Bertz CT molecular complexity index is 587. The van der Waals surface area contributed by atoms with Crippen LogP contribution in [0.4, 0.5) is 5.82 Å². The smallest absolute Gasteiger partial charge is 0.266 e. The minimum atomic E-state index is -0.0694. The van der Waals surface area contributed by atoms with E-state index in [2.05, 4.69) is 26.2 Å². The van der Waals surface area contributed by atoms with Gasteiger partial charge >= 0.3 is 0 Å². The summed E-state index contributed by atoms with van der Waals surface area (Å²) in [6.07, 6.45) is 5.10. The molecule has 0 unspecified atom stereocenters. The van der Waals surface area contributed by atoms with E-state index in [1.165, 1.54) is 16.9 Å². The van der Waals surface area contributed by atoms with E-state index in [0.717, 1.165) is 22.2 Å². The number of anilines is 1. The number of pyridine rings is 1. The molecular formula is C13H11BrN2OS. The Morgan fingerprint density at radius 2 is 2.28 bits per heavy atom. The Morgan fingerprint density at radius 1 is 1.39 bits per heavy atom. The molecule has 1 aliphatic carbocycles. The molecule has 18 heavy (non-hydrogen) atoms. The summed E-state index contributed by atoms with van der Waals surface area (Å²) >= 11 is 4.96. The van der Waals surface area contributed by atoms with Crippen molar-refractivity contribution in [2.24, 2.45) is 0 Å². The summed E-state index contributed by atoms with van der Waals surface area (Å²) in [4.78, 5) is 18.3. The molecule has 1 N–H and O–H groups in total. The fourth-order valence-corrected chi connectivity index (χ4v) is 3.58. The highest BCUT2D eigenvalue weighted by Crippen LogP contribution is 2.30. The molecule has 0 spiro atoms. The Kier molecular flexibility index (Phi) is 3.18. The first-order chi connectivity index (χ1) is 8.72. The van der Waals surface area contributed by atoms with Gasteiger partial charge in [-0.1, -0.05) is 15.9 Å². The fraction of sp³-hybridized carbons (Fsp3) is 0.231. The zero-order valence-corrected chi connectivity index (χ0v) is 12.0. The molecular weight excluding hydrogens is 312 g/mol. The number of carbonyl (C=O) groups excluding carboxylic acids is 1. The molecule has 0 saturated heterocycles. The van der Waals surface area contributed by atoms with Crippen LogP contribution in [0, 0.1) is 0 Å². The zero-order valence-electron chi connectivity index (χ0n) is 9.57. The van der Waals surface area contributed by atoms with Crippen LogP contribution in [-0.4, -0.2) is 10.9 Å². The monoisotopic (exact) mass is 322 g/mol. The SMILES string of the molecule is O=C(Nc1cc(Br)ccn1)c1cc2c(s1)CCC2. The molecule has 0 fully saturated rings. The highest BCUT2D eigenvalue weighted by atomic mass is 79.9. The summed E-state index contributed by atoms with van der Waals surface area (Å²) in [7, 11) is 0. The van der Waals surface area contributed by atoms with Crippen molar-refractivity contribution in [1.82, 2.24) is 4.98 Å². The number of thiophene rings is 1. The van der Waals surface area contributed by atoms with Crippen molar-refractivity contribution in [3.63, 3.8) is 0 Å². The normalized spacial score (nSPS) is 13.4. The third kappa shape index (κ3) is 2.33. The van der Waals surface area contributed by atoms with Crippen LogP contribution in [0.25, 0.3) is 0 Å². The predicted octanol–water partition coefficient (Wildman–Crippen LogP) is 3.65. The molecule has 2 aromatic heterocycles. The maximum Gasteiger partial charge on any atom is 0.266 e. The van der Waals surface area contributed by atoms with Crippen LogP contribution < -0.4 is 5.32 Å². The minimum absolute atomic E-state index is 0.0694. The first kappa shape index (κ1) is 11.9. The van der Waals surface area contributed by atoms with Crippen LogP contribution in [0.1, 0.15) is 26.5 Å². The highest BCUT2D eigenvalue weighted by molar-refractivity contribution is 9.10. The Morgan fingerprint density at radius 3 is 3.06 bits per heavy atom. The standard InChI is InChI=1S/C13H11BrN2OS/c14-9-4-5-15-12(7-9)16-13(17)11-6-8-2-1-3-10(8)18-11/h4-7H,1-3H2,(H,15,16,17). The number of hydrogen-bond acceptors (Lipinski definition) is 3. The minimum Gasteiger partial charge on any atom is -0.306 e. The number of amides is 1. The molecule has 0 atom stereocenters. The first-order valence-corrected chi connectivity index (χ1v) is 7.38. The number of aryl methyl sites for hydroxylation is 2. The fourth-order valence-electron chi connectivity index (χ4n) is 2.09. The predicted molar refractivity (Wildman–Crippen MR) is 76.2 cm³/mol. The molecule has 0 saturated carbocycles. The lowest BCUT2D eigenvalue weighted by molar-refractivity contribution is 0.103. The Hall–Kier alpha value is -1.20. The van der Waals surface area contributed by atoms with E-state index >= 15 is 0 Å². The molecule has 2 heterocycles. The van der Waals surface area contributed by atoms with Crippen LogP contribution in [-0.2, 0) is 12.8 Å². The van der Waals surface area contributed by atoms with Gasteiger partial charge in [-0.2, -0.15) is 0 Å². The van der Waals surface area contributed by atoms with E-state index in [0.29, 0.717) is 5.82 Å². The van der Waals surface area contributed by atoms with Gasteiger partial charge in [0.2, 0.25) is 0 Å². The van der Waals surface area contributed by atoms with E-state index in [4.69, 9.17) is 0 Å². The van der Waals surface area contributed by atoms with Gasteiger partial charge in [0.25, 0.3) is 5.91 Å². The molecule has 2 aromatic rings. The summed E-state index contributed by atoms with van der Waals surface area (Å²) in [5.74, 6) is 0.503. The lowest BCUT2D eigenvalue weighted by Crippen LogP contribution is -2.11. The molecule has 0 aliphatic heterocycles.